The molecule has 1 saturated carbocycles. The molecule has 2 aromatic rings. The smallest absolute Gasteiger partial charge is 0.264 e. The van der Waals surface area contributed by atoms with E-state index in [9.17, 15) is 13.2 Å². The molecule has 1 fully saturated rings. The zero-order valence-corrected chi connectivity index (χ0v) is 18.7. The van der Waals surface area contributed by atoms with Crippen LogP contribution < -0.4 is 9.62 Å². The van der Waals surface area contributed by atoms with Crippen molar-refractivity contribution in [3.05, 3.63) is 60.2 Å². The largest absolute Gasteiger partial charge is 0.354 e. The van der Waals surface area contributed by atoms with E-state index in [0.717, 1.165) is 18.4 Å². The molecule has 0 saturated heterocycles. The van der Waals surface area contributed by atoms with Crippen LogP contribution in [0.15, 0.2) is 59.5 Å². The number of anilines is 1. The van der Waals surface area contributed by atoms with E-state index in [1.165, 1.54) is 23.6 Å². The summed E-state index contributed by atoms with van der Waals surface area (Å²) in [5, 5.41) is 2.96. The van der Waals surface area contributed by atoms with Crippen molar-refractivity contribution in [2.75, 3.05) is 17.4 Å². The molecule has 1 aliphatic carbocycles. The van der Waals surface area contributed by atoms with Crippen LogP contribution in [0.3, 0.4) is 0 Å². The quantitative estimate of drug-likeness (QED) is 0.663. The normalized spacial score (nSPS) is 15.2. The predicted octanol–water partition coefficient (Wildman–Crippen LogP) is 4.70. The van der Waals surface area contributed by atoms with E-state index in [1.54, 1.807) is 42.5 Å². The summed E-state index contributed by atoms with van der Waals surface area (Å²) in [6.07, 6.45) is 5.93. The average molecular weight is 429 g/mol. The summed E-state index contributed by atoms with van der Waals surface area (Å²) < 4.78 is 27.9. The van der Waals surface area contributed by atoms with Crippen LogP contribution in [0.4, 0.5) is 5.69 Å². The van der Waals surface area contributed by atoms with Gasteiger partial charge in [-0.1, -0.05) is 63.4 Å². The van der Waals surface area contributed by atoms with Gasteiger partial charge < -0.3 is 5.32 Å². The SMILES string of the molecule is CC(C)c1ccc(N(CC(=O)NCC2CCCCC2)S(=O)(=O)c2ccccc2)cc1. The standard InChI is InChI=1S/C24H32N2O3S/c1-19(2)21-13-15-22(16-14-21)26(30(28,29)23-11-7-4-8-12-23)18-24(27)25-17-20-9-5-3-6-10-20/h4,7-8,11-16,19-20H,3,5-6,9-10,17-18H2,1-2H3,(H,25,27). The lowest BCUT2D eigenvalue weighted by atomic mass is 9.89. The van der Waals surface area contributed by atoms with Crippen LogP contribution in [-0.2, 0) is 14.8 Å². The van der Waals surface area contributed by atoms with Crippen molar-refractivity contribution in [3.63, 3.8) is 0 Å². The number of carbonyl (C=O) groups excluding carboxylic acids is 1. The third-order valence-corrected chi connectivity index (χ3v) is 7.57. The first-order valence-corrected chi connectivity index (χ1v) is 12.3. The molecular weight excluding hydrogens is 396 g/mol. The fourth-order valence-corrected chi connectivity index (χ4v) is 5.34. The van der Waals surface area contributed by atoms with Crippen molar-refractivity contribution >= 4 is 21.6 Å². The zero-order chi connectivity index (χ0) is 21.6. The second kappa shape index (κ2) is 10.1. The number of nitrogens with zero attached hydrogens (tertiary/aromatic N) is 1. The van der Waals surface area contributed by atoms with Gasteiger partial charge in [-0.2, -0.15) is 0 Å². The molecule has 1 aliphatic rings. The Balaban J connectivity index is 1.81. The summed E-state index contributed by atoms with van der Waals surface area (Å²) in [6.45, 7) is 4.56. The van der Waals surface area contributed by atoms with Gasteiger partial charge in [-0.05, 0) is 54.5 Å². The van der Waals surface area contributed by atoms with Crippen molar-refractivity contribution < 1.29 is 13.2 Å². The molecule has 162 valence electrons. The first kappa shape index (κ1) is 22.3. The van der Waals surface area contributed by atoms with Crippen LogP contribution in [0.2, 0.25) is 0 Å². The fourth-order valence-electron chi connectivity index (χ4n) is 3.90. The molecule has 1 amide bonds. The van der Waals surface area contributed by atoms with E-state index in [1.807, 2.05) is 12.1 Å². The zero-order valence-electron chi connectivity index (χ0n) is 17.9. The summed E-state index contributed by atoms with van der Waals surface area (Å²) in [5.41, 5.74) is 1.62. The second-order valence-electron chi connectivity index (χ2n) is 8.38. The second-order valence-corrected chi connectivity index (χ2v) is 10.2. The van der Waals surface area contributed by atoms with E-state index in [0.29, 0.717) is 24.1 Å². The summed E-state index contributed by atoms with van der Waals surface area (Å²) in [7, 11) is -3.85. The third-order valence-electron chi connectivity index (χ3n) is 5.78. The molecule has 0 heterocycles. The van der Waals surface area contributed by atoms with Gasteiger partial charge >= 0.3 is 0 Å². The number of nitrogens with one attached hydrogen (secondary N) is 1. The van der Waals surface area contributed by atoms with Crippen LogP contribution in [0.1, 0.15) is 57.4 Å². The Hall–Kier alpha value is -2.34. The molecule has 0 spiro atoms. The van der Waals surface area contributed by atoms with Gasteiger partial charge in [-0.25, -0.2) is 8.42 Å². The maximum atomic E-state index is 13.3. The number of carbonyl (C=O) groups is 1. The third kappa shape index (κ3) is 5.63. The highest BCUT2D eigenvalue weighted by Crippen LogP contribution is 2.26. The summed E-state index contributed by atoms with van der Waals surface area (Å²) in [4.78, 5) is 12.9. The first-order chi connectivity index (χ1) is 14.4. The van der Waals surface area contributed by atoms with Crippen molar-refractivity contribution in [2.24, 2.45) is 5.92 Å². The lowest BCUT2D eigenvalue weighted by Gasteiger charge is -2.26. The van der Waals surface area contributed by atoms with E-state index >= 15 is 0 Å². The Kier molecular flexibility index (Phi) is 7.53. The molecule has 2 aromatic carbocycles. The van der Waals surface area contributed by atoms with Gasteiger partial charge in [0, 0.05) is 6.54 Å². The Morgan fingerprint density at radius 3 is 2.23 bits per heavy atom. The summed E-state index contributed by atoms with van der Waals surface area (Å²) in [6, 6.07) is 15.7. The molecule has 5 nitrogen and oxygen atoms in total. The number of hydrogen-bond acceptors (Lipinski definition) is 3. The molecule has 3 rings (SSSR count). The van der Waals surface area contributed by atoms with Crippen LogP contribution in [0.5, 0.6) is 0 Å². The maximum absolute atomic E-state index is 13.3. The minimum Gasteiger partial charge on any atom is -0.354 e. The first-order valence-electron chi connectivity index (χ1n) is 10.8. The highest BCUT2D eigenvalue weighted by Gasteiger charge is 2.27. The van der Waals surface area contributed by atoms with Crippen molar-refractivity contribution in [1.82, 2.24) is 5.32 Å². The Morgan fingerprint density at radius 1 is 1.00 bits per heavy atom. The van der Waals surface area contributed by atoms with Gasteiger partial charge in [0.15, 0.2) is 0 Å². The van der Waals surface area contributed by atoms with E-state index in [-0.39, 0.29) is 17.3 Å². The number of amides is 1. The maximum Gasteiger partial charge on any atom is 0.264 e. The molecule has 0 radical (unpaired) electrons. The number of hydrogen-bond donors (Lipinski definition) is 1. The molecule has 30 heavy (non-hydrogen) atoms. The fraction of sp³-hybridized carbons (Fsp3) is 0.458. The number of benzene rings is 2. The topological polar surface area (TPSA) is 66.5 Å². The minimum absolute atomic E-state index is 0.179. The van der Waals surface area contributed by atoms with Gasteiger partial charge in [0.25, 0.3) is 10.0 Å². The monoisotopic (exact) mass is 428 g/mol. The molecule has 6 heteroatoms. The van der Waals surface area contributed by atoms with Gasteiger partial charge in [-0.15, -0.1) is 0 Å². The van der Waals surface area contributed by atoms with Crippen molar-refractivity contribution in [1.29, 1.82) is 0 Å². The highest BCUT2D eigenvalue weighted by atomic mass is 32.2. The predicted molar refractivity (Wildman–Crippen MR) is 121 cm³/mol. The van der Waals surface area contributed by atoms with Gasteiger partial charge in [0.05, 0.1) is 10.6 Å². The molecule has 0 bridgehead atoms. The molecular formula is C24H32N2O3S. The van der Waals surface area contributed by atoms with Crippen LogP contribution in [0, 0.1) is 5.92 Å². The lowest BCUT2D eigenvalue weighted by Crippen LogP contribution is -2.42. The average Bonchev–Trinajstić information content (AvgIpc) is 2.77. The van der Waals surface area contributed by atoms with Crippen LogP contribution in [-0.4, -0.2) is 27.4 Å². The van der Waals surface area contributed by atoms with Crippen molar-refractivity contribution in [2.45, 2.75) is 56.8 Å². The lowest BCUT2D eigenvalue weighted by molar-refractivity contribution is -0.119. The van der Waals surface area contributed by atoms with Crippen LogP contribution in [0.25, 0.3) is 0 Å². The Morgan fingerprint density at radius 2 is 1.63 bits per heavy atom. The molecule has 0 unspecified atom stereocenters. The minimum atomic E-state index is -3.85. The molecule has 0 aliphatic heterocycles. The van der Waals surface area contributed by atoms with Gasteiger partial charge in [0.2, 0.25) is 5.91 Å². The van der Waals surface area contributed by atoms with Crippen LogP contribution >= 0.6 is 0 Å². The van der Waals surface area contributed by atoms with E-state index < -0.39 is 10.0 Å². The van der Waals surface area contributed by atoms with Gasteiger partial charge in [-0.3, -0.25) is 9.10 Å². The van der Waals surface area contributed by atoms with Crippen molar-refractivity contribution in [3.8, 4) is 0 Å². The highest BCUT2D eigenvalue weighted by molar-refractivity contribution is 7.92. The molecule has 1 N–H and O–H groups in total. The molecule has 0 aromatic heterocycles. The van der Waals surface area contributed by atoms with Gasteiger partial charge in [0.1, 0.15) is 6.54 Å². The summed E-state index contributed by atoms with van der Waals surface area (Å²) >= 11 is 0. The Labute approximate surface area is 180 Å². The Bertz CT molecular complexity index is 919. The number of rotatable bonds is 8. The van der Waals surface area contributed by atoms with E-state index in [4.69, 9.17) is 0 Å². The van der Waals surface area contributed by atoms with E-state index in [2.05, 4.69) is 19.2 Å². The molecule has 0 atom stereocenters. The summed E-state index contributed by atoms with van der Waals surface area (Å²) in [5.74, 6) is 0.567. The number of sulfonamides is 1.